The average molecular weight is 470 g/mol. The van der Waals surface area contributed by atoms with E-state index in [0.29, 0.717) is 13.2 Å². The highest BCUT2D eigenvalue weighted by Crippen LogP contribution is 2.13. The van der Waals surface area contributed by atoms with E-state index < -0.39 is 18.0 Å². The largest absolute Gasteiger partial charge is 0.480 e. The van der Waals surface area contributed by atoms with Crippen LogP contribution in [-0.2, 0) is 14.3 Å². The number of unbranched alkanes of at least 4 members (excludes halogenated alkanes) is 18. The molecule has 0 radical (unpaired) electrons. The molecule has 5 nitrogen and oxygen atoms in total. The molecule has 0 amide bonds. The van der Waals surface area contributed by atoms with Gasteiger partial charge in [-0.2, -0.15) is 0 Å². The molecule has 0 aromatic heterocycles. The molecule has 0 aliphatic carbocycles. The number of esters is 1. The van der Waals surface area contributed by atoms with E-state index in [1.165, 1.54) is 103 Å². The quantitative estimate of drug-likeness (QED) is 0.0998. The highest BCUT2D eigenvalue weighted by atomic mass is 16.5. The lowest BCUT2D eigenvalue weighted by Crippen LogP contribution is -2.39. The molecule has 0 spiro atoms. The van der Waals surface area contributed by atoms with Gasteiger partial charge in [-0.25, -0.2) is 0 Å². The van der Waals surface area contributed by atoms with Crippen molar-refractivity contribution in [3.8, 4) is 0 Å². The van der Waals surface area contributed by atoms with Gasteiger partial charge in [0.15, 0.2) is 0 Å². The van der Waals surface area contributed by atoms with Crippen molar-refractivity contribution in [1.29, 1.82) is 0 Å². The first-order valence-electron chi connectivity index (χ1n) is 14.2. The van der Waals surface area contributed by atoms with Gasteiger partial charge in [0.05, 0.1) is 13.0 Å². The van der Waals surface area contributed by atoms with Crippen LogP contribution >= 0.6 is 0 Å². The highest BCUT2D eigenvalue weighted by molar-refractivity contribution is 5.81. The predicted molar refractivity (Wildman–Crippen MR) is 139 cm³/mol. The van der Waals surface area contributed by atoms with E-state index in [-0.39, 0.29) is 6.42 Å². The molecule has 0 heterocycles. The van der Waals surface area contributed by atoms with Crippen LogP contribution in [0.25, 0.3) is 0 Å². The molecule has 33 heavy (non-hydrogen) atoms. The summed E-state index contributed by atoms with van der Waals surface area (Å²) in [6.45, 7) is 5.49. The van der Waals surface area contributed by atoms with Gasteiger partial charge in [0.25, 0.3) is 0 Å². The number of carbonyl (C=O) groups is 2. The van der Waals surface area contributed by atoms with Gasteiger partial charge in [0, 0.05) is 0 Å². The molecule has 0 bridgehead atoms. The summed E-state index contributed by atoms with van der Waals surface area (Å²) in [6.07, 6.45) is 25.0. The third-order valence-electron chi connectivity index (χ3n) is 6.35. The second-order valence-electron chi connectivity index (χ2n) is 9.63. The molecular formula is C28H55NO4. The number of ether oxygens (including phenoxy) is 1. The van der Waals surface area contributed by atoms with E-state index in [1.54, 1.807) is 0 Å². The lowest BCUT2D eigenvalue weighted by Gasteiger charge is -2.14. The third-order valence-corrected chi connectivity index (χ3v) is 6.35. The van der Waals surface area contributed by atoms with E-state index in [4.69, 9.17) is 4.74 Å². The minimum atomic E-state index is -0.977. The molecule has 1 atom stereocenters. The smallest absolute Gasteiger partial charge is 0.321 e. The van der Waals surface area contributed by atoms with Crippen LogP contribution in [0.15, 0.2) is 0 Å². The number of hydrogen-bond donors (Lipinski definition) is 2. The zero-order valence-corrected chi connectivity index (χ0v) is 22.0. The van der Waals surface area contributed by atoms with Crippen molar-refractivity contribution in [2.24, 2.45) is 0 Å². The zero-order valence-electron chi connectivity index (χ0n) is 22.0. The van der Waals surface area contributed by atoms with Crippen molar-refractivity contribution >= 4 is 11.9 Å². The normalized spacial score (nSPS) is 12.1. The Morgan fingerprint density at radius 3 is 1.45 bits per heavy atom. The van der Waals surface area contributed by atoms with Crippen LogP contribution in [0.1, 0.15) is 149 Å². The second-order valence-corrected chi connectivity index (χ2v) is 9.63. The molecule has 0 saturated heterocycles. The minimum absolute atomic E-state index is 0.0935. The fourth-order valence-corrected chi connectivity index (χ4v) is 4.14. The fraction of sp³-hybridized carbons (Fsp3) is 0.929. The van der Waals surface area contributed by atoms with E-state index in [0.717, 1.165) is 25.7 Å². The summed E-state index contributed by atoms with van der Waals surface area (Å²) < 4.78 is 5.26. The summed E-state index contributed by atoms with van der Waals surface area (Å²) in [6, 6.07) is -0.843. The molecule has 0 rings (SSSR count). The summed E-state index contributed by atoms with van der Waals surface area (Å²) in [5.41, 5.74) is 0. The lowest BCUT2D eigenvalue weighted by atomic mass is 10.0. The maximum absolute atomic E-state index is 12.0. The van der Waals surface area contributed by atoms with Crippen LogP contribution in [0.5, 0.6) is 0 Å². The summed E-state index contributed by atoms with van der Waals surface area (Å²) in [7, 11) is 0. The van der Waals surface area contributed by atoms with Crippen molar-refractivity contribution in [3.05, 3.63) is 0 Å². The summed E-state index contributed by atoms with van der Waals surface area (Å²) in [5.74, 6) is -1.39. The maximum atomic E-state index is 12.0. The number of rotatable bonds is 26. The van der Waals surface area contributed by atoms with Gasteiger partial charge in [-0.1, -0.05) is 129 Å². The standard InChI is InChI=1S/C28H55NO4/c1-3-5-7-9-11-12-13-14-15-16-17-18-20-22-24-33-27(30)25-26(28(31)32)29-23-21-19-10-8-6-4-2/h26,29H,3-25H2,1-2H3,(H,31,32). The molecule has 5 heteroatoms. The van der Waals surface area contributed by atoms with Gasteiger partial charge in [-0.05, 0) is 19.4 Å². The third kappa shape index (κ3) is 23.8. The van der Waals surface area contributed by atoms with Crippen molar-refractivity contribution in [2.45, 2.75) is 155 Å². The fourth-order valence-electron chi connectivity index (χ4n) is 4.14. The van der Waals surface area contributed by atoms with E-state index in [2.05, 4.69) is 19.2 Å². The van der Waals surface area contributed by atoms with Crippen molar-refractivity contribution in [2.75, 3.05) is 13.2 Å². The molecule has 0 aliphatic heterocycles. The minimum Gasteiger partial charge on any atom is -0.480 e. The number of aliphatic carboxylic acids is 1. The van der Waals surface area contributed by atoms with Crippen LogP contribution in [0, 0.1) is 0 Å². The summed E-state index contributed by atoms with van der Waals surface area (Å²) >= 11 is 0. The van der Waals surface area contributed by atoms with Crippen molar-refractivity contribution < 1.29 is 19.4 Å². The van der Waals surface area contributed by atoms with Crippen LogP contribution in [0.4, 0.5) is 0 Å². The predicted octanol–water partition coefficient (Wildman–Crippen LogP) is 7.80. The molecule has 0 saturated carbocycles. The summed E-state index contributed by atoms with van der Waals surface area (Å²) in [5, 5.41) is 12.3. The topological polar surface area (TPSA) is 75.6 Å². The first-order chi connectivity index (χ1) is 16.1. The number of nitrogens with one attached hydrogen (secondary N) is 1. The Kier molecular flexibility index (Phi) is 24.7. The van der Waals surface area contributed by atoms with Gasteiger partial charge in [0.1, 0.15) is 6.04 Å². The Morgan fingerprint density at radius 2 is 1.03 bits per heavy atom. The molecule has 1 unspecified atom stereocenters. The highest BCUT2D eigenvalue weighted by Gasteiger charge is 2.21. The second kappa shape index (κ2) is 25.5. The lowest BCUT2D eigenvalue weighted by molar-refractivity contribution is -0.149. The first kappa shape index (κ1) is 31.9. The summed E-state index contributed by atoms with van der Waals surface area (Å²) in [4.78, 5) is 23.4. The molecule has 196 valence electrons. The number of hydrogen-bond acceptors (Lipinski definition) is 4. The molecule has 2 N–H and O–H groups in total. The van der Waals surface area contributed by atoms with Gasteiger partial charge in [-0.15, -0.1) is 0 Å². The van der Waals surface area contributed by atoms with Crippen LogP contribution in [0.3, 0.4) is 0 Å². The monoisotopic (exact) mass is 469 g/mol. The Bertz CT molecular complexity index is 442. The Labute approximate surface area is 204 Å². The Hall–Kier alpha value is -1.10. The SMILES string of the molecule is CCCCCCCCCCCCCCCCOC(=O)CC(NCCCCCCCC)C(=O)O. The van der Waals surface area contributed by atoms with Crippen molar-refractivity contribution in [3.63, 3.8) is 0 Å². The molecule has 0 aliphatic rings. The number of carboxylic acid groups (broad SMARTS) is 1. The van der Waals surface area contributed by atoms with Crippen LogP contribution < -0.4 is 5.32 Å². The first-order valence-corrected chi connectivity index (χ1v) is 14.2. The Balaban J connectivity index is 3.51. The zero-order chi connectivity index (χ0) is 24.4. The molecule has 0 fully saturated rings. The molecule has 0 aromatic carbocycles. The maximum Gasteiger partial charge on any atom is 0.321 e. The van der Waals surface area contributed by atoms with E-state index >= 15 is 0 Å². The Morgan fingerprint density at radius 1 is 0.636 bits per heavy atom. The number of carbonyl (C=O) groups excluding carboxylic acids is 1. The van der Waals surface area contributed by atoms with Gasteiger partial charge >= 0.3 is 11.9 Å². The molecule has 0 aromatic rings. The van der Waals surface area contributed by atoms with Crippen molar-refractivity contribution in [1.82, 2.24) is 5.32 Å². The van der Waals surface area contributed by atoms with E-state index in [9.17, 15) is 14.7 Å². The van der Waals surface area contributed by atoms with E-state index in [1.807, 2.05) is 0 Å². The van der Waals surface area contributed by atoms with Gasteiger partial charge in [0.2, 0.25) is 0 Å². The van der Waals surface area contributed by atoms with Gasteiger partial charge < -0.3 is 15.2 Å². The van der Waals surface area contributed by atoms with Crippen LogP contribution in [0.2, 0.25) is 0 Å². The van der Waals surface area contributed by atoms with Crippen LogP contribution in [-0.4, -0.2) is 36.2 Å². The molecular weight excluding hydrogens is 414 g/mol. The average Bonchev–Trinajstić information content (AvgIpc) is 2.80. The number of carboxylic acids is 1. The van der Waals surface area contributed by atoms with Gasteiger partial charge in [-0.3, -0.25) is 9.59 Å².